The largest absolute Gasteiger partial charge is 0.475 e. The van der Waals surface area contributed by atoms with Gasteiger partial charge >= 0.3 is 6.09 Å². The van der Waals surface area contributed by atoms with Gasteiger partial charge in [-0.3, -0.25) is 19.7 Å². The molecular formula is C35H48N6O5S. The smallest absolute Gasteiger partial charge is 0.410 e. The number of aromatic nitrogens is 1. The minimum atomic E-state index is -0.544. The van der Waals surface area contributed by atoms with E-state index in [-0.39, 0.29) is 53.5 Å². The summed E-state index contributed by atoms with van der Waals surface area (Å²) in [5.41, 5.74) is 2.11. The third-order valence-corrected chi connectivity index (χ3v) is 9.23. The lowest BCUT2D eigenvalue weighted by Crippen LogP contribution is -2.38. The number of amides is 3. The molecule has 2 aliphatic heterocycles. The lowest BCUT2D eigenvalue weighted by molar-refractivity contribution is 0.0275. The molecule has 2 aromatic rings. The zero-order valence-electron chi connectivity index (χ0n) is 28.4. The van der Waals surface area contributed by atoms with Gasteiger partial charge in [0, 0.05) is 61.4 Å². The summed E-state index contributed by atoms with van der Waals surface area (Å²) in [4.78, 5) is 47.6. The first-order chi connectivity index (χ1) is 22.3. The van der Waals surface area contributed by atoms with Crippen molar-refractivity contribution in [3.8, 4) is 11.1 Å². The zero-order valence-corrected chi connectivity index (χ0v) is 29.2. The van der Waals surface area contributed by atoms with Gasteiger partial charge in [0.2, 0.25) is 5.90 Å². The molecule has 3 N–H and O–H groups in total. The summed E-state index contributed by atoms with van der Waals surface area (Å²) < 4.78 is 14.2. The number of ether oxygens (including phenoxy) is 2. The van der Waals surface area contributed by atoms with Crippen LogP contribution in [0.15, 0.2) is 30.3 Å². The number of hydrogen-bond acceptors (Lipinski definition) is 9. The third-order valence-electron chi connectivity index (χ3n) is 8.84. The second-order valence-corrected chi connectivity index (χ2v) is 14.7. The van der Waals surface area contributed by atoms with Gasteiger partial charge in [-0.2, -0.15) is 0 Å². The van der Waals surface area contributed by atoms with E-state index in [9.17, 15) is 14.4 Å². The molecule has 1 aliphatic carbocycles. The highest BCUT2D eigenvalue weighted by molar-refractivity contribution is 7.97. The molecular weight excluding hydrogens is 616 g/mol. The Morgan fingerprint density at radius 2 is 1.60 bits per heavy atom. The molecule has 11 nitrogen and oxygen atoms in total. The number of rotatable bonds is 8. The Bertz CT molecular complexity index is 1470. The Balaban J connectivity index is 1.39. The van der Waals surface area contributed by atoms with Gasteiger partial charge < -0.3 is 24.6 Å². The maximum atomic E-state index is 13.6. The number of fused-ring (bicyclic) bond motifs is 1. The van der Waals surface area contributed by atoms with E-state index in [1.54, 1.807) is 29.4 Å². The van der Waals surface area contributed by atoms with Crippen LogP contribution in [0.1, 0.15) is 93.1 Å². The van der Waals surface area contributed by atoms with Crippen LogP contribution < -0.4 is 10.0 Å². The Morgan fingerprint density at radius 1 is 0.979 bits per heavy atom. The molecule has 2 unspecified atom stereocenters. The van der Waals surface area contributed by atoms with Gasteiger partial charge in [0.25, 0.3) is 11.8 Å². The van der Waals surface area contributed by atoms with E-state index in [0.717, 1.165) is 31.2 Å². The highest BCUT2D eigenvalue weighted by atomic mass is 32.2. The Hall–Kier alpha value is -3.80. The molecule has 3 fully saturated rings. The number of benzene rings is 1. The fraction of sp³-hybridized carbons (Fsp3) is 0.571. The first-order valence-electron chi connectivity index (χ1n) is 16.6. The fourth-order valence-electron chi connectivity index (χ4n) is 6.71. The summed E-state index contributed by atoms with van der Waals surface area (Å²) >= 11 is 1.20. The van der Waals surface area contributed by atoms with Crippen molar-refractivity contribution >= 4 is 41.6 Å². The van der Waals surface area contributed by atoms with E-state index in [1.807, 2.05) is 51.7 Å². The van der Waals surface area contributed by atoms with E-state index >= 15 is 0 Å². The van der Waals surface area contributed by atoms with E-state index in [2.05, 4.69) is 10.0 Å². The van der Waals surface area contributed by atoms with Crippen molar-refractivity contribution in [1.82, 2.24) is 19.5 Å². The van der Waals surface area contributed by atoms with Crippen LogP contribution in [-0.2, 0) is 9.47 Å². The number of pyridine rings is 1. The average Bonchev–Trinajstić information content (AvgIpc) is 3.60. The van der Waals surface area contributed by atoms with Gasteiger partial charge in [0.1, 0.15) is 17.1 Å². The van der Waals surface area contributed by atoms with Crippen LogP contribution in [0.2, 0.25) is 0 Å². The molecule has 3 amide bonds. The minimum absolute atomic E-state index is 0.0261. The summed E-state index contributed by atoms with van der Waals surface area (Å²) in [5, 5.41) is 12.5. The van der Waals surface area contributed by atoms with Crippen LogP contribution >= 0.6 is 11.9 Å². The lowest BCUT2D eigenvalue weighted by atomic mass is 9.94. The molecule has 3 aliphatic rings. The predicted molar refractivity (Wildman–Crippen MR) is 185 cm³/mol. The molecule has 0 radical (unpaired) electrons. The maximum Gasteiger partial charge on any atom is 0.410 e. The number of nitrogens with one attached hydrogen (secondary N) is 3. The van der Waals surface area contributed by atoms with Crippen LogP contribution in [-0.4, -0.2) is 88.8 Å². The highest BCUT2D eigenvalue weighted by Gasteiger charge is 2.44. The van der Waals surface area contributed by atoms with Crippen molar-refractivity contribution in [3.63, 3.8) is 0 Å². The molecule has 254 valence electrons. The van der Waals surface area contributed by atoms with Gasteiger partial charge in [0.05, 0.1) is 11.7 Å². The van der Waals surface area contributed by atoms with Crippen LogP contribution in [0.4, 0.5) is 10.6 Å². The normalized spacial score (nSPS) is 19.8. The van der Waals surface area contributed by atoms with Gasteiger partial charge in [-0.05, 0) is 71.2 Å². The number of carbonyl (C=O) groups excluding carboxylic acids is 3. The second-order valence-electron chi connectivity index (χ2n) is 14.1. The molecule has 1 saturated carbocycles. The molecule has 12 heteroatoms. The summed E-state index contributed by atoms with van der Waals surface area (Å²) in [6.45, 7) is 11.7. The third kappa shape index (κ3) is 8.38. The van der Waals surface area contributed by atoms with Crippen LogP contribution in [0.3, 0.4) is 0 Å². The van der Waals surface area contributed by atoms with Crippen molar-refractivity contribution in [2.45, 2.75) is 84.5 Å². The number of hydrogen-bond donors (Lipinski definition) is 3. The highest BCUT2D eigenvalue weighted by Crippen LogP contribution is 2.35. The maximum absolute atomic E-state index is 13.6. The molecule has 1 aromatic heterocycles. The Kier molecular flexibility index (Phi) is 10.7. The van der Waals surface area contributed by atoms with Crippen molar-refractivity contribution in [1.29, 1.82) is 5.41 Å². The topological polar surface area (TPSA) is 137 Å². The van der Waals surface area contributed by atoms with Crippen molar-refractivity contribution in [2.75, 3.05) is 37.8 Å². The Labute approximate surface area is 282 Å². The van der Waals surface area contributed by atoms with Crippen molar-refractivity contribution in [3.05, 3.63) is 47.2 Å². The van der Waals surface area contributed by atoms with Crippen LogP contribution in [0, 0.1) is 17.2 Å². The fourth-order valence-corrected chi connectivity index (χ4v) is 7.00. The SMILES string of the molecule is CSNC(=O)c1cc(-c2ccc(C(=O)N3CC4CN(C(=O)OC(C)(C)C)CC4C3)cc2)c(C(=N)OC(C)C)c(NC2CCCCC2)n1. The predicted octanol–water partition coefficient (Wildman–Crippen LogP) is 6.19. The molecule has 2 atom stereocenters. The molecule has 2 saturated heterocycles. The first-order valence-corrected chi connectivity index (χ1v) is 17.8. The zero-order chi connectivity index (χ0) is 33.9. The molecule has 0 spiro atoms. The molecule has 0 bridgehead atoms. The second kappa shape index (κ2) is 14.5. The minimum Gasteiger partial charge on any atom is -0.475 e. The monoisotopic (exact) mass is 664 g/mol. The van der Waals surface area contributed by atoms with Crippen molar-refractivity contribution in [2.24, 2.45) is 11.8 Å². The number of likely N-dealkylation sites (tertiary alicyclic amines) is 2. The first kappa shape index (κ1) is 34.5. The van der Waals surface area contributed by atoms with Crippen molar-refractivity contribution < 1.29 is 23.9 Å². The summed E-state index contributed by atoms with van der Waals surface area (Å²) in [6.07, 6.45) is 6.66. The lowest BCUT2D eigenvalue weighted by Gasteiger charge is -2.26. The van der Waals surface area contributed by atoms with E-state index in [1.165, 1.54) is 18.4 Å². The van der Waals surface area contributed by atoms with E-state index in [4.69, 9.17) is 19.9 Å². The molecule has 47 heavy (non-hydrogen) atoms. The van der Waals surface area contributed by atoms with Gasteiger partial charge in [-0.15, -0.1) is 0 Å². The van der Waals surface area contributed by atoms with Gasteiger partial charge in [-0.25, -0.2) is 9.78 Å². The molecule has 5 rings (SSSR count). The summed E-state index contributed by atoms with van der Waals surface area (Å²) in [5.74, 6) is 0.485. The Morgan fingerprint density at radius 3 is 2.17 bits per heavy atom. The van der Waals surface area contributed by atoms with Crippen LogP contribution in [0.5, 0.6) is 0 Å². The van der Waals surface area contributed by atoms with E-state index < -0.39 is 5.60 Å². The number of carbonyl (C=O) groups is 3. The van der Waals surface area contributed by atoms with E-state index in [0.29, 0.717) is 48.7 Å². The number of nitrogens with zero attached hydrogens (tertiary/aromatic N) is 3. The molecule has 3 heterocycles. The standard InChI is InChI=1S/C35H48N6O5S/c1-21(2)45-30(36)29-27(16-28(32(42)39-47-6)38-31(29)37-26-10-8-7-9-11-26)22-12-14-23(15-13-22)33(43)40-17-24-19-41(20-25(24)18-40)34(44)46-35(3,4)5/h12-16,21,24-26,36H,7-11,17-20H2,1-6H3,(H,37,38)(H,39,42). The molecule has 1 aromatic carbocycles. The average molecular weight is 665 g/mol. The quantitative estimate of drug-likeness (QED) is 0.173. The van der Waals surface area contributed by atoms with Crippen LogP contribution in [0.25, 0.3) is 11.1 Å². The van der Waals surface area contributed by atoms with Gasteiger partial charge in [0.15, 0.2) is 0 Å². The number of anilines is 1. The van der Waals surface area contributed by atoms with Gasteiger partial charge in [-0.1, -0.05) is 43.3 Å². The summed E-state index contributed by atoms with van der Waals surface area (Å²) in [7, 11) is 0. The summed E-state index contributed by atoms with van der Waals surface area (Å²) in [6, 6.07) is 9.19.